The number of ketones is 1. The zero-order valence-electron chi connectivity index (χ0n) is 11.1. The van der Waals surface area contributed by atoms with Crippen molar-refractivity contribution >= 4 is 5.78 Å². The molecule has 1 N–H and O–H groups in total. The molecule has 4 heteroatoms. The van der Waals surface area contributed by atoms with Crippen LogP contribution in [0.4, 0.5) is 8.78 Å². The molecule has 1 aromatic rings. The van der Waals surface area contributed by atoms with Gasteiger partial charge in [0.05, 0.1) is 0 Å². The zero-order chi connectivity index (χ0) is 13.9. The van der Waals surface area contributed by atoms with Gasteiger partial charge in [0.15, 0.2) is 17.4 Å². The summed E-state index contributed by atoms with van der Waals surface area (Å²) in [6.45, 7) is 3.65. The van der Waals surface area contributed by atoms with Crippen LogP contribution in [0.25, 0.3) is 0 Å². The van der Waals surface area contributed by atoms with Gasteiger partial charge in [-0.05, 0) is 50.6 Å². The molecule has 1 aliphatic rings. The van der Waals surface area contributed by atoms with Gasteiger partial charge < -0.3 is 5.32 Å². The predicted octanol–water partition coefficient (Wildman–Crippen LogP) is 3.32. The van der Waals surface area contributed by atoms with Crippen molar-refractivity contribution in [3.63, 3.8) is 0 Å². The molecule has 19 heavy (non-hydrogen) atoms. The number of carbonyl (C=O) groups is 1. The molecule has 1 fully saturated rings. The molecule has 0 amide bonds. The third kappa shape index (κ3) is 2.84. The molecule has 1 saturated heterocycles. The van der Waals surface area contributed by atoms with Crippen LogP contribution in [0.2, 0.25) is 0 Å². The summed E-state index contributed by atoms with van der Waals surface area (Å²) in [6.07, 6.45) is 3.24. The Kier molecular flexibility index (Phi) is 4.30. The van der Waals surface area contributed by atoms with Gasteiger partial charge in [-0.25, -0.2) is 8.78 Å². The highest BCUT2D eigenvalue weighted by atomic mass is 19.2. The number of carbonyl (C=O) groups excluding carboxylic acids is 1. The Morgan fingerprint density at radius 1 is 1.26 bits per heavy atom. The number of hydrogen-bond donors (Lipinski definition) is 1. The molecular weight excluding hydrogens is 248 g/mol. The summed E-state index contributed by atoms with van der Waals surface area (Å²) >= 11 is 0. The highest BCUT2D eigenvalue weighted by molar-refractivity contribution is 6.00. The summed E-state index contributed by atoms with van der Waals surface area (Å²) in [7, 11) is 0. The Balaban J connectivity index is 2.30. The molecule has 0 spiro atoms. The summed E-state index contributed by atoms with van der Waals surface area (Å²) in [6, 6.07) is 3.45. The van der Waals surface area contributed by atoms with Crippen LogP contribution in [-0.2, 0) is 0 Å². The fraction of sp³-hybridized carbons (Fsp3) is 0.533. The van der Waals surface area contributed by atoms with E-state index in [-0.39, 0.29) is 11.3 Å². The van der Waals surface area contributed by atoms with Gasteiger partial charge in [-0.15, -0.1) is 0 Å². The van der Waals surface area contributed by atoms with E-state index in [2.05, 4.69) is 5.32 Å². The van der Waals surface area contributed by atoms with Crippen LogP contribution in [0.3, 0.4) is 0 Å². The van der Waals surface area contributed by atoms with E-state index in [1.807, 2.05) is 6.92 Å². The van der Waals surface area contributed by atoms with Crippen LogP contribution in [0.5, 0.6) is 0 Å². The second-order valence-electron chi connectivity index (χ2n) is 5.24. The number of halogens is 2. The first-order valence-corrected chi connectivity index (χ1v) is 6.79. The van der Waals surface area contributed by atoms with Crippen LogP contribution in [0.15, 0.2) is 18.2 Å². The van der Waals surface area contributed by atoms with Crippen LogP contribution in [-0.4, -0.2) is 18.9 Å². The SMILES string of the molecule is CCCC1(C(=O)c2ccc(F)c(F)c2)CCNCC1. The Morgan fingerprint density at radius 2 is 1.95 bits per heavy atom. The average Bonchev–Trinajstić information content (AvgIpc) is 2.42. The van der Waals surface area contributed by atoms with Gasteiger partial charge in [-0.1, -0.05) is 13.3 Å². The van der Waals surface area contributed by atoms with E-state index in [1.54, 1.807) is 0 Å². The van der Waals surface area contributed by atoms with E-state index in [1.165, 1.54) is 6.07 Å². The van der Waals surface area contributed by atoms with Crippen molar-refractivity contribution in [2.45, 2.75) is 32.6 Å². The topological polar surface area (TPSA) is 29.1 Å². The normalized spacial score (nSPS) is 18.3. The molecule has 0 atom stereocenters. The maximum absolute atomic E-state index is 13.3. The minimum Gasteiger partial charge on any atom is -0.317 e. The Labute approximate surface area is 112 Å². The lowest BCUT2D eigenvalue weighted by Gasteiger charge is -2.36. The monoisotopic (exact) mass is 267 g/mol. The first-order chi connectivity index (χ1) is 9.09. The maximum atomic E-state index is 13.3. The maximum Gasteiger partial charge on any atom is 0.169 e. The molecule has 2 rings (SSSR count). The number of hydrogen-bond acceptors (Lipinski definition) is 2. The summed E-state index contributed by atoms with van der Waals surface area (Å²) in [4.78, 5) is 12.7. The number of rotatable bonds is 4. The number of benzene rings is 1. The van der Waals surface area contributed by atoms with Gasteiger partial charge in [-0.3, -0.25) is 4.79 Å². The van der Waals surface area contributed by atoms with Gasteiger partial charge >= 0.3 is 0 Å². The van der Waals surface area contributed by atoms with Crippen LogP contribution in [0.1, 0.15) is 43.0 Å². The van der Waals surface area contributed by atoms with E-state index < -0.39 is 17.0 Å². The third-order valence-corrected chi connectivity index (χ3v) is 3.95. The molecule has 1 aliphatic heterocycles. The fourth-order valence-corrected chi connectivity index (χ4v) is 2.92. The van der Waals surface area contributed by atoms with Crippen molar-refractivity contribution in [1.82, 2.24) is 5.32 Å². The largest absolute Gasteiger partial charge is 0.317 e. The lowest BCUT2D eigenvalue weighted by molar-refractivity contribution is 0.0704. The molecule has 0 bridgehead atoms. The second kappa shape index (κ2) is 5.78. The van der Waals surface area contributed by atoms with Crippen LogP contribution >= 0.6 is 0 Å². The molecule has 104 valence electrons. The summed E-state index contributed by atoms with van der Waals surface area (Å²) in [5.74, 6) is -1.91. The molecule has 0 unspecified atom stereocenters. The van der Waals surface area contributed by atoms with Crippen molar-refractivity contribution in [2.75, 3.05) is 13.1 Å². The molecule has 0 aromatic heterocycles. The van der Waals surface area contributed by atoms with Gasteiger partial charge in [0.2, 0.25) is 0 Å². The van der Waals surface area contributed by atoms with Crippen molar-refractivity contribution in [1.29, 1.82) is 0 Å². The fourth-order valence-electron chi connectivity index (χ4n) is 2.92. The van der Waals surface area contributed by atoms with Crippen molar-refractivity contribution in [3.8, 4) is 0 Å². The number of nitrogens with one attached hydrogen (secondary N) is 1. The molecular formula is C15H19F2NO. The highest BCUT2D eigenvalue weighted by Gasteiger charge is 2.39. The van der Waals surface area contributed by atoms with Crippen molar-refractivity contribution in [2.24, 2.45) is 5.41 Å². The molecule has 0 saturated carbocycles. The first-order valence-electron chi connectivity index (χ1n) is 6.79. The Hall–Kier alpha value is -1.29. The van der Waals surface area contributed by atoms with Crippen LogP contribution < -0.4 is 5.32 Å². The Bertz CT molecular complexity index is 462. The minimum atomic E-state index is -0.952. The lowest BCUT2D eigenvalue weighted by atomic mass is 9.70. The van der Waals surface area contributed by atoms with E-state index in [9.17, 15) is 13.6 Å². The standard InChI is InChI=1S/C15H19F2NO/c1-2-5-15(6-8-18-9-7-15)14(19)11-3-4-12(16)13(17)10-11/h3-4,10,18H,2,5-9H2,1H3. The first kappa shape index (κ1) is 14.1. The summed E-state index contributed by atoms with van der Waals surface area (Å²) < 4.78 is 26.2. The van der Waals surface area contributed by atoms with E-state index in [4.69, 9.17) is 0 Å². The predicted molar refractivity (Wildman–Crippen MR) is 70.1 cm³/mol. The number of Topliss-reactive ketones (excluding diaryl/α,β-unsaturated/α-hetero) is 1. The quantitative estimate of drug-likeness (QED) is 0.848. The van der Waals surface area contributed by atoms with Crippen molar-refractivity contribution in [3.05, 3.63) is 35.4 Å². The third-order valence-electron chi connectivity index (χ3n) is 3.95. The van der Waals surface area contributed by atoms with E-state index in [0.29, 0.717) is 0 Å². The molecule has 0 aliphatic carbocycles. The van der Waals surface area contributed by atoms with Crippen LogP contribution in [0, 0.1) is 17.0 Å². The number of piperidine rings is 1. The van der Waals surface area contributed by atoms with Gasteiger partial charge in [0.1, 0.15) is 0 Å². The molecule has 2 nitrogen and oxygen atoms in total. The average molecular weight is 267 g/mol. The summed E-state index contributed by atoms with van der Waals surface area (Å²) in [5, 5.41) is 3.24. The van der Waals surface area contributed by atoms with Gasteiger partial charge in [0, 0.05) is 11.0 Å². The molecule has 0 radical (unpaired) electrons. The smallest absolute Gasteiger partial charge is 0.169 e. The Morgan fingerprint density at radius 3 is 2.53 bits per heavy atom. The second-order valence-corrected chi connectivity index (χ2v) is 5.24. The van der Waals surface area contributed by atoms with E-state index in [0.717, 1.165) is 50.9 Å². The lowest BCUT2D eigenvalue weighted by Crippen LogP contribution is -2.42. The highest BCUT2D eigenvalue weighted by Crippen LogP contribution is 2.37. The van der Waals surface area contributed by atoms with Gasteiger partial charge in [-0.2, -0.15) is 0 Å². The van der Waals surface area contributed by atoms with Crippen molar-refractivity contribution < 1.29 is 13.6 Å². The molecule has 1 aromatic carbocycles. The molecule has 1 heterocycles. The minimum absolute atomic E-state index is 0.0465. The zero-order valence-corrected chi connectivity index (χ0v) is 11.1. The van der Waals surface area contributed by atoms with Gasteiger partial charge in [0.25, 0.3) is 0 Å². The summed E-state index contributed by atoms with van der Waals surface area (Å²) in [5.41, 5.74) is -0.126. The van der Waals surface area contributed by atoms with E-state index >= 15 is 0 Å².